The fraction of sp³-hybridized carbons (Fsp3) is 0.206. The number of fused-ring (bicyclic) bond motifs is 1. The molecule has 40 heavy (non-hydrogen) atoms. The van der Waals surface area contributed by atoms with Crippen molar-refractivity contribution in [3.63, 3.8) is 0 Å². The Balaban J connectivity index is 1.57. The summed E-state index contributed by atoms with van der Waals surface area (Å²) in [7, 11) is 0. The molecule has 0 aliphatic carbocycles. The molecule has 0 saturated carbocycles. The van der Waals surface area contributed by atoms with E-state index in [4.69, 9.17) is 26.1 Å². The highest BCUT2D eigenvalue weighted by atomic mass is 35.5. The minimum atomic E-state index is -1.51. The molecule has 0 saturated heterocycles. The Morgan fingerprint density at radius 2 is 1.38 bits per heavy atom. The van der Waals surface area contributed by atoms with Crippen molar-refractivity contribution in [3.8, 4) is 5.75 Å². The summed E-state index contributed by atoms with van der Waals surface area (Å²) in [6.07, 6.45) is 3.71. The first-order valence-electron chi connectivity index (χ1n) is 13.3. The van der Waals surface area contributed by atoms with Crippen molar-refractivity contribution in [1.82, 2.24) is 9.55 Å². The first-order valence-corrected chi connectivity index (χ1v) is 13.7. The summed E-state index contributed by atoms with van der Waals surface area (Å²) >= 11 is 6.52. The van der Waals surface area contributed by atoms with Crippen LogP contribution in [-0.4, -0.2) is 20.4 Å². The Morgan fingerprint density at radius 1 is 0.850 bits per heavy atom. The highest BCUT2D eigenvalue weighted by Crippen LogP contribution is 2.45. The summed E-state index contributed by atoms with van der Waals surface area (Å²) in [5.41, 5.74) is 2.75. The molecule has 1 unspecified atom stereocenters. The molecular weight excluding hydrogens is 520 g/mol. The predicted octanol–water partition coefficient (Wildman–Crippen LogP) is 7.28. The van der Waals surface area contributed by atoms with Gasteiger partial charge < -0.3 is 19.1 Å². The van der Waals surface area contributed by atoms with Crippen LogP contribution in [-0.2, 0) is 22.5 Å². The molecule has 6 rings (SSSR count). The number of benzene rings is 4. The van der Waals surface area contributed by atoms with Gasteiger partial charge in [-0.1, -0.05) is 103 Å². The first kappa shape index (κ1) is 26.3. The number of aromatic nitrogens is 2. The zero-order chi connectivity index (χ0) is 28.0. The number of aliphatic hydroxyl groups is 1. The van der Waals surface area contributed by atoms with Crippen molar-refractivity contribution in [2.45, 2.75) is 44.3 Å². The normalized spacial score (nSPS) is 16.0. The molecule has 5 nitrogen and oxygen atoms in total. The van der Waals surface area contributed by atoms with E-state index in [2.05, 4.69) is 41.0 Å². The number of halogens is 1. The molecule has 0 spiro atoms. The molecule has 5 aromatic rings. The minimum Gasteiger partial charge on any atom is -0.462 e. The monoisotopic (exact) mass is 550 g/mol. The lowest BCUT2D eigenvalue weighted by atomic mass is 9.76. The van der Waals surface area contributed by atoms with Gasteiger partial charge in [0, 0.05) is 36.2 Å². The van der Waals surface area contributed by atoms with E-state index in [0.717, 1.165) is 22.3 Å². The molecule has 1 N–H and O–H groups in total. The third-order valence-electron chi connectivity index (χ3n) is 7.62. The van der Waals surface area contributed by atoms with Gasteiger partial charge in [-0.15, -0.1) is 0 Å². The number of hydrogen-bond donors (Lipinski definition) is 1. The maximum Gasteiger partial charge on any atom is 0.205 e. The molecule has 2 heterocycles. The van der Waals surface area contributed by atoms with Gasteiger partial charge in [-0.2, -0.15) is 0 Å². The Hall–Kier alpha value is -3.90. The molecule has 202 valence electrons. The van der Waals surface area contributed by atoms with Crippen molar-refractivity contribution in [2.24, 2.45) is 0 Å². The van der Waals surface area contributed by atoms with Crippen molar-refractivity contribution in [3.05, 3.63) is 154 Å². The highest BCUT2D eigenvalue weighted by molar-refractivity contribution is 6.30. The molecule has 0 fully saturated rings. The topological polar surface area (TPSA) is 56.5 Å². The van der Waals surface area contributed by atoms with E-state index >= 15 is 0 Å². The summed E-state index contributed by atoms with van der Waals surface area (Å²) in [5, 5.41) is 12.6. The fourth-order valence-corrected chi connectivity index (χ4v) is 5.89. The molecule has 1 aliphatic rings. The van der Waals surface area contributed by atoms with Crippen LogP contribution >= 0.6 is 11.6 Å². The average Bonchev–Trinajstić information content (AvgIpc) is 3.46. The molecule has 1 aromatic heterocycles. The van der Waals surface area contributed by atoms with Crippen molar-refractivity contribution in [2.75, 3.05) is 0 Å². The molecular formula is C34H31ClN2O3. The van der Waals surface area contributed by atoms with Gasteiger partial charge >= 0.3 is 0 Å². The van der Waals surface area contributed by atoms with E-state index in [1.807, 2.05) is 80.7 Å². The van der Waals surface area contributed by atoms with Gasteiger partial charge in [0.2, 0.25) is 5.79 Å². The predicted molar refractivity (Wildman–Crippen MR) is 156 cm³/mol. The van der Waals surface area contributed by atoms with E-state index < -0.39 is 16.9 Å². The number of hydrogen-bond acceptors (Lipinski definition) is 4. The van der Waals surface area contributed by atoms with Crippen molar-refractivity contribution >= 4 is 11.6 Å². The molecule has 4 aromatic carbocycles. The van der Waals surface area contributed by atoms with Gasteiger partial charge in [0.05, 0.1) is 18.6 Å². The third kappa shape index (κ3) is 4.40. The molecule has 6 heteroatoms. The maximum absolute atomic E-state index is 12.1. The van der Waals surface area contributed by atoms with Gasteiger partial charge in [-0.25, -0.2) is 4.98 Å². The fourth-order valence-electron chi connectivity index (χ4n) is 5.65. The highest BCUT2D eigenvalue weighted by Gasteiger charge is 2.42. The van der Waals surface area contributed by atoms with Crippen LogP contribution in [0.2, 0.25) is 5.02 Å². The van der Waals surface area contributed by atoms with Crippen molar-refractivity contribution in [1.29, 1.82) is 0 Å². The lowest BCUT2D eigenvalue weighted by Crippen LogP contribution is -2.38. The van der Waals surface area contributed by atoms with Gasteiger partial charge in [-0.3, -0.25) is 0 Å². The van der Waals surface area contributed by atoms with Crippen LogP contribution in [0.4, 0.5) is 0 Å². The van der Waals surface area contributed by atoms with Crippen LogP contribution in [0, 0.1) is 0 Å². The Kier molecular flexibility index (Phi) is 6.54. The van der Waals surface area contributed by atoms with Gasteiger partial charge in [0.15, 0.2) is 0 Å². The second kappa shape index (κ2) is 9.93. The van der Waals surface area contributed by atoms with Gasteiger partial charge in [0.1, 0.15) is 16.9 Å². The number of rotatable bonds is 6. The van der Waals surface area contributed by atoms with Crippen LogP contribution < -0.4 is 4.74 Å². The van der Waals surface area contributed by atoms with Crippen LogP contribution in [0.5, 0.6) is 5.75 Å². The van der Waals surface area contributed by atoms with E-state index in [-0.39, 0.29) is 0 Å². The summed E-state index contributed by atoms with van der Waals surface area (Å²) in [6, 6.07) is 34.6. The maximum atomic E-state index is 12.1. The summed E-state index contributed by atoms with van der Waals surface area (Å²) < 4.78 is 14.1. The second-order valence-corrected chi connectivity index (χ2v) is 11.2. The number of imidazole rings is 1. The van der Waals surface area contributed by atoms with Crippen LogP contribution in [0.1, 0.15) is 54.3 Å². The third-order valence-corrected chi connectivity index (χ3v) is 7.84. The first-order chi connectivity index (χ1) is 19.2. The van der Waals surface area contributed by atoms with E-state index in [9.17, 15) is 5.11 Å². The lowest BCUT2D eigenvalue weighted by molar-refractivity contribution is -0.181. The molecule has 0 bridgehead atoms. The quantitative estimate of drug-likeness (QED) is 0.226. The molecule has 0 radical (unpaired) electrons. The van der Waals surface area contributed by atoms with E-state index in [1.165, 1.54) is 0 Å². The van der Waals surface area contributed by atoms with Gasteiger partial charge in [-0.05, 0) is 35.7 Å². The smallest absolute Gasteiger partial charge is 0.205 e. The lowest BCUT2D eigenvalue weighted by Gasteiger charge is -2.37. The molecule has 1 atom stereocenters. The van der Waals surface area contributed by atoms with Crippen LogP contribution in [0.3, 0.4) is 0 Å². The summed E-state index contributed by atoms with van der Waals surface area (Å²) in [5.74, 6) is -0.269. The van der Waals surface area contributed by atoms with Crippen LogP contribution in [0.25, 0.3) is 0 Å². The Bertz CT molecular complexity index is 1530. The van der Waals surface area contributed by atoms with E-state index in [0.29, 0.717) is 28.6 Å². The van der Waals surface area contributed by atoms with Crippen molar-refractivity contribution < 1.29 is 14.6 Å². The van der Waals surface area contributed by atoms with Crippen LogP contribution in [0.15, 0.2) is 116 Å². The summed E-state index contributed by atoms with van der Waals surface area (Å²) in [6.45, 7) is 5.77. The SMILES string of the molecule is CC1(C)OCc2cc(Cl)cc(C(C)(O)c3cn(C(c4ccccc4)(c4ccccc4)c4ccccc4)cn3)c2O1. The molecule has 1 aliphatic heterocycles. The standard InChI is InChI=1S/C34H31ClN2O3/c1-32(2)39-22-24-19-28(35)20-29(31(24)40-32)33(3,38)30-21-37(23-36-30)34(25-13-7-4-8-14-25,26-15-9-5-10-16-26)27-17-11-6-12-18-27/h4-21,23,38H,22H2,1-3H3. The average molecular weight is 551 g/mol. The zero-order valence-corrected chi connectivity index (χ0v) is 23.5. The largest absolute Gasteiger partial charge is 0.462 e. The Labute approximate surface area is 239 Å². The van der Waals surface area contributed by atoms with E-state index in [1.54, 1.807) is 19.3 Å². The summed E-state index contributed by atoms with van der Waals surface area (Å²) in [4.78, 5) is 4.80. The van der Waals surface area contributed by atoms with Gasteiger partial charge in [0.25, 0.3) is 0 Å². The second-order valence-electron chi connectivity index (χ2n) is 10.8. The number of ether oxygens (including phenoxy) is 2. The number of nitrogens with zero attached hydrogens (tertiary/aromatic N) is 2. The minimum absolute atomic E-state index is 0.333. The zero-order valence-electron chi connectivity index (χ0n) is 22.7. The Morgan fingerprint density at radius 3 is 1.90 bits per heavy atom. The molecule has 0 amide bonds.